The Balaban J connectivity index is 1.38. The number of hydrogen-bond donors (Lipinski definition) is 1. The topological polar surface area (TPSA) is 104 Å². The van der Waals surface area contributed by atoms with Gasteiger partial charge in [0.2, 0.25) is 0 Å². The Labute approximate surface area is 247 Å². The zero-order chi connectivity index (χ0) is 30.7. The van der Waals surface area contributed by atoms with Gasteiger partial charge in [-0.1, -0.05) is 12.1 Å². The summed E-state index contributed by atoms with van der Waals surface area (Å²) in [4.78, 5) is 28.1. The SMILES string of the molecule is COc1ccc(CN(C)c2cc3ncc(-c4cc(F)c(F)c(NC(=O)c5cc(C(C)(C)C#N)ccn5)c4)cc3cn2)cc1. The number of ether oxygens (including phenoxy) is 1. The largest absolute Gasteiger partial charge is 0.497 e. The number of pyridine rings is 3. The number of amides is 1. The molecule has 216 valence electrons. The van der Waals surface area contributed by atoms with Crippen LogP contribution < -0.4 is 15.0 Å². The Bertz CT molecular complexity index is 1870. The molecule has 0 saturated carbocycles. The molecule has 0 spiro atoms. The first kappa shape index (κ1) is 29.1. The van der Waals surface area contributed by atoms with Crippen molar-refractivity contribution in [3.63, 3.8) is 0 Å². The Hall–Kier alpha value is -5.43. The van der Waals surface area contributed by atoms with Gasteiger partial charge in [-0.05, 0) is 73.0 Å². The van der Waals surface area contributed by atoms with Crippen molar-refractivity contribution >= 4 is 28.3 Å². The third kappa shape index (κ3) is 6.26. The summed E-state index contributed by atoms with van der Waals surface area (Å²) in [6.45, 7) is 4.04. The van der Waals surface area contributed by atoms with E-state index in [9.17, 15) is 18.8 Å². The van der Waals surface area contributed by atoms with E-state index in [-0.39, 0.29) is 11.4 Å². The van der Waals surface area contributed by atoms with Crippen molar-refractivity contribution in [1.29, 1.82) is 5.26 Å². The summed E-state index contributed by atoms with van der Waals surface area (Å²) in [6, 6.07) is 19.1. The zero-order valence-corrected chi connectivity index (χ0v) is 24.0. The van der Waals surface area contributed by atoms with Crippen LogP contribution in [0.1, 0.15) is 35.5 Å². The van der Waals surface area contributed by atoms with E-state index in [0.29, 0.717) is 34.1 Å². The zero-order valence-electron chi connectivity index (χ0n) is 24.0. The lowest BCUT2D eigenvalue weighted by molar-refractivity contribution is 0.102. The predicted molar refractivity (Wildman–Crippen MR) is 161 cm³/mol. The van der Waals surface area contributed by atoms with Gasteiger partial charge in [-0.25, -0.2) is 13.8 Å². The van der Waals surface area contributed by atoms with Crippen LogP contribution in [0, 0.1) is 23.0 Å². The first-order chi connectivity index (χ1) is 20.6. The molecule has 5 aromatic rings. The quantitative estimate of drug-likeness (QED) is 0.219. The normalized spacial score (nSPS) is 11.2. The minimum absolute atomic E-state index is 0.0303. The highest BCUT2D eigenvalue weighted by atomic mass is 19.2. The van der Waals surface area contributed by atoms with Crippen molar-refractivity contribution < 1.29 is 18.3 Å². The summed E-state index contributed by atoms with van der Waals surface area (Å²) in [5.74, 6) is -1.57. The Morgan fingerprint density at radius 1 is 1.00 bits per heavy atom. The van der Waals surface area contributed by atoms with E-state index < -0.39 is 23.0 Å². The molecule has 0 aliphatic heterocycles. The number of nitriles is 1. The number of nitrogens with one attached hydrogen (secondary N) is 1. The van der Waals surface area contributed by atoms with Crippen LogP contribution in [0.2, 0.25) is 0 Å². The molecule has 0 aliphatic rings. The maximum Gasteiger partial charge on any atom is 0.274 e. The molecular weight excluding hydrogens is 550 g/mol. The first-order valence-electron chi connectivity index (χ1n) is 13.4. The number of benzene rings is 2. The highest BCUT2D eigenvalue weighted by Crippen LogP contribution is 2.30. The summed E-state index contributed by atoms with van der Waals surface area (Å²) in [6.07, 6.45) is 4.63. The van der Waals surface area contributed by atoms with Crippen LogP contribution in [0.4, 0.5) is 20.3 Å². The second-order valence-corrected chi connectivity index (χ2v) is 10.6. The van der Waals surface area contributed by atoms with E-state index in [0.717, 1.165) is 23.2 Å². The van der Waals surface area contributed by atoms with Gasteiger partial charge in [-0.15, -0.1) is 0 Å². The summed E-state index contributed by atoms with van der Waals surface area (Å²) < 4.78 is 34.7. The van der Waals surface area contributed by atoms with Crippen LogP contribution in [0.3, 0.4) is 0 Å². The number of methoxy groups -OCH3 is 1. The second kappa shape index (κ2) is 11.8. The van der Waals surface area contributed by atoms with E-state index in [1.54, 1.807) is 45.5 Å². The fourth-order valence-electron chi connectivity index (χ4n) is 4.51. The molecule has 43 heavy (non-hydrogen) atoms. The molecular formula is C33H28F2N6O2. The number of halogens is 2. The summed E-state index contributed by atoms with van der Waals surface area (Å²) in [5, 5.41) is 12.5. The molecule has 0 unspecified atom stereocenters. The van der Waals surface area contributed by atoms with Gasteiger partial charge in [0, 0.05) is 49.2 Å². The number of hydrogen-bond acceptors (Lipinski definition) is 7. The average Bonchev–Trinajstić information content (AvgIpc) is 3.03. The van der Waals surface area contributed by atoms with Crippen molar-refractivity contribution in [2.75, 3.05) is 24.4 Å². The molecule has 2 aromatic carbocycles. The molecule has 5 rings (SSSR count). The van der Waals surface area contributed by atoms with Crippen LogP contribution in [-0.4, -0.2) is 35.0 Å². The van der Waals surface area contributed by atoms with Crippen molar-refractivity contribution in [2.45, 2.75) is 25.8 Å². The van der Waals surface area contributed by atoms with Gasteiger partial charge in [0.05, 0.1) is 29.8 Å². The van der Waals surface area contributed by atoms with Crippen molar-refractivity contribution in [2.24, 2.45) is 0 Å². The molecule has 0 fully saturated rings. The highest BCUT2D eigenvalue weighted by molar-refractivity contribution is 6.03. The van der Waals surface area contributed by atoms with E-state index in [4.69, 9.17) is 4.74 Å². The van der Waals surface area contributed by atoms with Crippen LogP contribution >= 0.6 is 0 Å². The third-order valence-corrected chi connectivity index (χ3v) is 7.12. The molecule has 0 saturated heterocycles. The minimum Gasteiger partial charge on any atom is -0.497 e. The molecule has 0 atom stereocenters. The monoisotopic (exact) mass is 578 g/mol. The number of carbonyl (C=O) groups is 1. The molecule has 10 heteroatoms. The number of nitrogens with zero attached hydrogens (tertiary/aromatic N) is 5. The summed E-state index contributed by atoms with van der Waals surface area (Å²) >= 11 is 0. The van der Waals surface area contributed by atoms with Gasteiger partial charge < -0.3 is 15.0 Å². The number of carbonyl (C=O) groups excluding carboxylic acids is 1. The van der Waals surface area contributed by atoms with E-state index in [1.165, 1.54) is 18.3 Å². The van der Waals surface area contributed by atoms with E-state index >= 15 is 0 Å². The van der Waals surface area contributed by atoms with Crippen molar-refractivity contribution in [1.82, 2.24) is 15.0 Å². The Morgan fingerprint density at radius 3 is 2.49 bits per heavy atom. The molecule has 3 aromatic heterocycles. The van der Waals surface area contributed by atoms with Gasteiger partial charge in [0.15, 0.2) is 11.6 Å². The maximum atomic E-state index is 14.8. The Kier molecular flexibility index (Phi) is 7.99. The predicted octanol–water partition coefficient (Wildman–Crippen LogP) is 6.67. The van der Waals surface area contributed by atoms with Crippen LogP contribution in [0.5, 0.6) is 5.75 Å². The maximum absolute atomic E-state index is 14.8. The van der Waals surface area contributed by atoms with Crippen LogP contribution in [0.25, 0.3) is 22.0 Å². The fourth-order valence-corrected chi connectivity index (χ4v) is 4.51. The third-order valence-electron chi connectivity index (χ3n) is 7.12. The fraction of sp³-hybridized carbons (Fsp3) is 0.182. The lowest BCUT2D eigenvalue weighted by Crippen LogP contribution is -2.19. The van der Waals surface area contributed by atoms with Crippen molar-refractivity contribution in [3.8, 4) is 22.9 Å². The standard InChI is InChI=1S/C33H28F2N6O2/c1-33(2,19-36)24-9-10-37-29(14-24)32(42)40-28-13-21(12-26(34)31(28)35)22-11-23-17-39-30(15-27(23)38-16-22)41(3)18-20-5-7-25(43-4)8-6-20/h5-17H,18H2,1-4H3,(H,40,42). The molecule has 0 bridgehead atoms. The number of aromatic nitrogens is 3. The second-order valence-electron chi connectivity index (χ2n) is 10.6. The van der Waals surface area contributed by atoms with Gasteiger partial charge in [-0.3, -0.25) is 14.8 Å². The lowest BCUT2D eigenvalue weighted by atomic mass is 9.86. The number of anilines is 2. The minimum atomic E-state index is -1.20. The summed E-state index contributed by atoms with van der Waals surface area (Å²) in [7, 11) is 3.56. The van der Waals surface area contributed by atoms with Crippen LogP contribution in [-0.2, 0) is 12.0 Å². The van der Waals surface area contributed by atoms with Crippen LogP contribution in [0.15, 0.2) is 79.3 Å². The smallest absolute Gasteiger partial charge is 0.274 e. The molecule has 3 heterocycles. The molecule has 8 nitrogen and oxygen atoms in total. The van der Waals surface area contributed by atoms with Crippen molar-refractivity contribution in [3.05, 3.63) is 108 Å². The first-order valence-corrected chi connectivity index (χ1v) is 13.4. The molecule has 0 radical (unpaired) electrons. The van der Waals surface area contributed by atoms with E-state index in [2.05, 4.69) is 26.3 Å². The van der Waals surface area contributed by atoms with Gasteiger partial charge in [0.1, 0.15) is 17.3 Å². The number of rotatable bonds is 8. The molecule has 1 N–H and O–H groups in total. The molecule has 1 amide bonds. The average molecular weight is 579 g/mol. The summed E-state index contributed by atoms with van der Waals surface area (Å²) in [5.41, 5.74) is 1.93. The van der Waals surface area contributed by atoms with E-state index in [1.807, 2.05) is 42.3 Å². The molecule has 0 aliphatic carbocycles. The van der Waals surface area contributed by atoms with Gasteiger partial charge >= 0.3 is 0 Å². The highest BCUT2D eigenvalue weighted by Gasteiger charge is 2.22. The van der Waals surface area contributed by atoms with Gasteiger partial charge in [-0.2, -0.15) is 5.26 Å². The lowest BCUT2D eigenvalue weighted by Gasteiger charge is -2.19. The Morgan fingerprint density at radius 2 is 1.77 bits per heavy atom. The van der Waals surface area contributed by atoms with Gasteiger partial charge in [0.25, 0.3) is 5.91 Å². The number of fused-ring (bicyclic) bond motifs is 1.